The number of anilines is 3. The highest BCUT2D eigenvalue weighted by atomic mass is 19.4. The Hall–Kier alpha value is -3.03. The maximum atomic E-state index is 12.6. The smallest absolute Gasteiger partial charge is 0.349 e. The van der Waals surface area contributed by atoms with E-state index in [-0.39, 0.29) is 0 Å². The Balaban J connectivity index is 1.60. The molecule has 3 N–H and O–H groups in total. The standard InChI is InChI=1S/C18H18F3N5/c1-11-7-12(2)9-15(8-11)23-17-24-16(25-26-17)22-10-13-3-5-14(6-4-13)18(19,20)21/h3-9H,10H2,1-2H3,(H3,22,23,24,25,26). The second-order valence-corrected chi connectivity index (χ2v) is 6.06. The molecule has 0 spiro atoms. The third kappa shape index (κ3) is 4.53. The number of nitrogens with zero attached hydrogens (tertiary/aromatic N) is 2. The van der Waals surface area contributed by atoms with Crippen LogP contribution >= 0.6 is 0 Å². The number of aryl methyl sites for hydroxylation is 2. The lowest BCUT2D eigenvalue weighted by Gasteiger charge is -2.07. The van der Waals surface area contributed by atoms with E-state index in [1.165, 1.54) is 12.1 Å². The van der Waals surface area contributed by atoms with Gasteiger partial charge in [-0.2, -0.15) is 18.2 Å². The SMILES string of the molecule is Cc1cc(C)cc(Nc2nc(NCc3ccc(C(F)(F)F)cc3)n[nH]2)c1. The molecule has 3 rings (SSSR count). The molecule has 26 heavy (non-hydrogen) atoms. The number of aromatic amines is 1. The van der Waals surface area contributed by atoms with Gasteiger partial charge in [0.05, 0.1) is 5.56 Å². The fourth-order valence-electron chi connectivity index (χ4n) is 2.57. The van der Waals surface area contributed by atoms with Crippen LogP contribution in [0.5, 0.6) is 0 Å². The van der Waals surface area contributed by atoms with E-state index in [4.69, 9.17) is 0 Å². The number of hydrogen-bond donors (Lipinski definition) is 3. The van der Waals surface area contributed by atoms with Crippen molar-refractivity contribution in [1.29, 1.82) is 0 Å². The van der Waals surface area contributed by atoms with Crippen LogP contribution in [0.4, 0.5) is 30.8 Å². The van der Waals surface area contributed by atoms with Gasteiger partial charge in [-0.1, -0.05) is 18.2 Å². The van der Waals surface area contributed by atoms with Gasteiger partial charge < -0.3 is 10.6 Å². The van der Waals surface area contributed by atoms with Gasteiger partial charge in [0.2, 0.25) is 11.9 Å². The first-order valence-electron chi connectivity index (χ1n) is 7.97. The third-order valence-electron chi connectivity index (χ3n) is 3.70. The Morgan fingerprint density at radius 2 is 1.65 bits per heavy atom. The van der Waals surface area contributed by atoms with Gasteiger partial charge in [0, 0.05) is 12.2 Å². The van der Waals surface area contributed by atoms with Crippen LogP contribution in [0.1, 0.15) is 22.3 Å². The molecule has 0 aliphatic rings. The van der Waals surface area contributed by atoms with E-state index in [2.05, 4.69) is 31.9 Å². The van der Waals surface area contributed by atoms with Crippen LogP contribution < -0.4 is 10.6 Å². The second kappa shape index (κ2) is 7.07. The van der Waals surface area contributed by atoms with Crippen molar-refractivity contribution >= 4 is 17.6 Å². The largest absolute Gasteiger partial charge is 0.416 e. The molecule has 0 saturated carbocycles. The van der Waals surface area contributed by atoms with E-state index < -0.39 is 11.7 Å². The van der Waals surface area contributed by atoms with E-state index in [9.17, 15) is 13.2 Å². The van der Waals surface area contributed by atoms with Crippen LogP contribution in [0.15, 0.2) is 42.5 Å². The number of nitrogens with one attached hydrogen (secondary N) is 3. The second-order valence-electron chi connectivity index (χ2n) is 6.06. The van der Waals surface area contributed by atoms with E-state index in [1.54, 1.807) is 0 Å². The molecule has 136 valence electrons. The number of halogens is 3. The maximum absolute atomic E-state index is 12.6. The minimum atomic E-state index is -4.33. The first-order chi connectivity index (χ1) is 12.3. The zero-order chi connectivity index (χ0) is 18.7. The summed E-state index contributed by atoms with van der Waals surface area (Å²) in [6.45, 7) is 4.34. The summed E-state index contributed by atoms with van der Waals surface area (Å²) in [5, 5.41) is 12.9. The molecule has 5 nitrogen and oxygen atoms in total. The predicted octanol–water partition coefficient (Wildman–Crippen LogP) is 4.80. The molecule has 0 saturated heterocycles. The molecule has 0 atom stereocenters. The molecule has 0 unspecified atom stereocenters. The minimum absolute atomic E-state index is 0.318. The summed E-state index contributed by atoms with van der Waals surface area (Å²) in [6.07, 6.45) is -4.33. The monoisotopic (exact) mass is 361 g/mol. The Kier molecular flexibility index (Phi) is 4.83. The van der Waals surface area contributed by atoms with E-state index in [1.807, 2.05) is 26.0 Å². The highest BCUT2D eigenvalue weighted by Crippen LogP contribution is 2.29. The topological polar surface area (TPSA) is 65.6 Å². The zero-order valence-electron chi connectivity index (χ0n) is 14.3. The van der Waals surface area contributed by atoms with Crippen LogP contribution in [-0.4, -0.2) is 15.2 Å². The Bertz CT molecular complexity index is 864. The van der Waals surface area contributed by atoms with Gasteiger partial charge in [0.1, 0.15) is 0 Å². The van der Waals surface area contributed by atoms with Crippen molar-refractivity contribution in [1.82, 2.24) is 15.2 Å². The molecule has 2 aromatic carbocycles. The molecule has 0 fully saturated rings. The highest BCUT2D eigenvalue weighted by molar-refractivity contribution is 5.56. The van der Waals surface area contributed by atoms with Gasteiger partial charge in [-0.05, 0) is 54.8 Å². The Morgan fingerprint density at radius 1 is 1.00 bits per heavy atom. The van der Waals surface area contributed by atoms with Gasteiger partial charge in [-0.25, -0.2) is 5.10 Å². The third-order valence-corrected chi connectivity index (χ3v) is 3.70. The molecule has 1 heterocycles. The first-order valence-corrected chi connectivity index (χ1v) is 7.97. The minimum Gasteiger partial charge on any atom is -0.349 e. The van der Waals surface area contributed by atoms with Crippen LogP contribution in [0.25, 0.3) is 0 Å². The summed E-state index contributed by atoms with van der Waals surface area (Å²) < 4.78 is 37.7. The van der Waals surface area contributed by atoms with Crippen LogP contribution in [0.3, 0.4) is 0 Å². The summed E-state index contributed by atoms with van der Waals surface area (Å²) in [7, 11) is 0. The number of alkyl halides is 3. The lowest BCUT2D eigenvalue weighted by molar-refractivity contribution is -0.137. The summed E-state index contributed by atoms with van der Waals surface area (Å²) in [5.41, 5.74) is 3.19. The Labute approximate surface area is 148 Å². The summed E-state index contributed by atoms with van der Waals surface area (Å²) in [5.74, 6) is 0.835. The average Bonchev–Trinajstić information content (AvgIpc) is 2.99. The van der Waals surface area contributed by atoms with E-state index in [0.29, 0.717) is 24.0 Å². The van der Waals surface area contributed by atoms with E-state index >= 15 is 0 Å². The molecule has 8 heteroatoms. The number of H-pyrrole nitrogens is 1. The van der Waals surface area contributed by atoms with Crippen molar-refractivity contribution in [3.8, 4) is 0 Å². The summed E-state index contributed by atoms with van der Waals surface area (Å²) >= 11 is 0. The number of aromatic nitrogens is 3. The molecule has 0 bridgehead atoms. The summed E-state index contributed by atoms with van der Waals surface area (Å²) in [4.78, 5) is 4.27. The lowest BCUT2D eigenvalue weighted by atomic mass is 10.1. The molecule has 0 aliphatic carbocycles. The van der Waals surface area contributed by atoms with Gasteiger partial charge in [0.15, 0.2) is 0 Å². The van der Waals surface area contributed by atoms with Crippen LogP contribution in [0, 0.1) is 13.8 Å². The fraction of sp³-hybridized carbons (Fsp3) is 0.222. The van der Waals surface area contributed by atoms with Crippen molar-refractivity contribution in [2.75, 3.05) is 10.6 Å². The molecule has 3 aromatic rings. The normalized spacial score (nSPS) is 11.4. The molecule has 0 radical (unpaired) electrons. The first kappa shape index (κ1) is 17.8. The average molecular weight is 361 g/mol. The molecule has 1 aromatic heterocycles. The van der Waals surface area contributed by atoms with Crippen LogP contribution in [-0.2, 0) is 12.7 Å². The fourth-order valence-corrected chi connectivity index (χ4v) is 2.57. The molecular weight excluding hydrogens is 343 g/mol. The van der Waals surface area contributed by atoms with Crippen molar-refractivity contribution in [3.05, 3.63) is 64.7 Å². The van der Waals surface area contributed by atoms with Crippen molar-refractivity contribution in [2.24, 2.45) is 0 Å². The van der Waals surface area contributed by atoms with Gasteiger partial charge in [0.25, 0.3) is 0 Å². The quantitative estimate of drug-likeness (QED) is 0.611. The highest BCUT2D eigenvalue weighted by Gasteiger charge is 2.29. The number of hydrogen-bond acceptors (Lipinski definition) is 4. The molecule has 0 aliphatic heterocycles. The van der Waals surface area contributed by atoms with Crippen LogP contribution in [0.2, 0.25) is 0 Å². The molecular formula is C18H18F3N5. The number of benzene rings is 2. The van der Waals surface area contributed by atoms with Gasteiger partial charge in [-0.15, -0.1) is 5.10 Å². The Morgan fingerprint density at radius 3 is 2.27 bits per heavy atom. The van der Waals surface area contributed by atoms with E-state index in [0.717, 1.165) is 28.9 Å². The molecule has 0 amide bonds. The maximum Gasteiger partial charge on any atom is 0.416 e. The van der Waals surface area contributed by atoms with Gasteiger partial charge >= 0.3 is 6.18 Å². The van der Waals surface area contributed by atoms with Gasteiger partial charge in [-0.3, -0.25) is 0 Å². The van der Waals surface area contributed by atoms with Crippen molar-refractivity contribution in [2.45, 2.75) is 26.6 Å². The number of rotatable bonds is 5. The summed E-state index contributed by atoms with van der Waals surface area (Å²) in [6, 6.07) is 11.0. The predicted molar refractivity (Wildman–Crippen MR) is 94.4 cm³/mol. The zero-order valence-corrected chi connectivity index (χ0v) is 14.3. The van der Waals surface area contributed by atoms with Crippen molar-refractivity contribution < 1.29 is 13.2 Å². The lowest BCUT2D eigenvalue weighted by Crippen LogP contribution is -2.06. The van der Waals surface area contributed by atoms with Crippen molar-refractivity contribution in [3.63, 3.8) is 0 Å².